The standard InChI is InChI=1S/C22H35N3O5/c1-14-6-8-15(9-7-14)19(25-21(28)30-22(2,3)4)20(27)24-18-12-16(10-11-23-18)17(26)13-29-5/h10-12,14-15,17,19,26H,6-9,13H2,1-5H3,(H,25,28)(H,23,24,27)/t14?,15?,17?,19-/m0/s1. The van der Waals surface area contributed by atoms with Gasteiger partial charge in [-0.05, 0) is 63.1 Å². The number of aromatic nitrogens is 1. The minimum Gasteiger partial charge on any atom is -0.444 e. The number of rotatable bonds is 7. The van der Waals surface area contributed by atoms with Crippen LogP contribution < -0.4 is 10.6 Å². The van der Waals surface area contributed by atoms with Crippen molar-refractivity contribution >= 4 is 17.8 Å². The van der Waals surface area contributed by atoms with Gasteiger partial charge in [0.25, 0.3) is 0 Å². The van der Waals surface area contributed by atoms with Gasteiger partial charge in [-0.15, -0.1) is 0 Å². The lowest BCUT2D eigenvalue weighted by molar-refractivity contribution is -0.119. The second-order valence-electron chi connectivity index (χ2n) is 9.08. The molecule has 8 nitrogen and oxygen atoms in total. The van der Waals surface area contributed by atoms with Crippen LogP contribution in [0.15, 0.2) is 18.3 Å². The molecular weight excluding hydrogens is 386 g/mol. The number of amides is 2. The minimum atomic E-state index is -0.816. The highest BCUT2D eigenvalue weighted by molar-refractivity contribution is 5.96. The van der Waals surface area contributed by atoms with Crippen molar-refractivity contribution in [1.82, 2.24) is 10.3 Å². The first-order valence-electron chi connectivity index (χ1n) is 10.5. The highest BCUT2D eigenvalue weighted by Crippen LogP contribution is 2.31. The van der Waals surface area contributed by atoms with E-state index < -0.39 is 23.8 Å². The van der Waals surface area contributed by atoms with Gasteiger partial charge >= 0.3 is 6.09 Å². The third-order valence-corrected chi connectivity index (χ3v) is 5.23. The lowest BCUT2D eigenvalue weighted by atomic mass is 9.79. The molecule has 1 fully saturated rings. The van der Waals surface area contributed by atoms with Gasteiger partial charge < -0.3 is 25.2 Å². The average Bonchev–Trinajstić information content (AvgIpc) is 2.66. The number of alkyl carbamates (subject to hydrolysis) is 1. The van der Waals surface area contributed by atoms with Crippen molar-refractivity contribution < 1.29 is 24.2 Å². The number of methoxy groups -OCH3 is 1. The Morgan fingerprint density at radius 1 is 1.27 bits per heavy atom. The Bertz CT molecular complexity index is 711. The van der Waals surface area contributed by atoms with E-state index in [0.29, 0.717) is 17.3 Å². The normalized spacial score (nSPS) is 21.4. The zero-order chi connectivity index (χ0) is 22.3. The number of hydrogen-bond acceptors (Lipinski definition) is 6. The highest BCUT2D eigenvalue weighted by atomic mass is 16.6. The Morgan fingerprint density at radius 2 is 1.93 bits per heavy atom. The molecule has 2 atom stereocenters. The lowest BCUT2D eigenvalue weighted by Gasteiger charge is -2.32. The topological polar surface area (TPSA) is 110 Å². The van der Waals surface area contributed by atoms with Gasteiger partial charge in [0, 0.05) is 13.3 Å². The van der Waals surface area contributed by atoms with E-state index >= 15 is 0 Å². The van der Waals surface area contributed by atoms with E-state index in [0.717, 1.165) is 25.7 Å². The summed E-state index contributed by atoms with van der Waals surface area (Å²) in [5, 5.41) is 15.7. The molecule has 0 saturated heterocycles. The van der Waals surface area contributed by atoms with Crippen LogP contribution in [0.2, 0.25) is 0 Å². The molecule has 1 aliphatic rings. The van der Waals surface area contributed by atoms with E-state index in [2.05, 4.69) is 22.5 Å². The van der Waals surface area contributed by atoms with Crippen molar-refractivity contribution in [2.75, 3.05) is 19.0 Å². The zero-order valence-corrected chi connectivity index (χ0v) is 18.6. The Kier molecular flexibility index (Phi) is 8.61. The van der Waals surface area contributed by atoms with Gasteiger partial charge in [0.05, 0.1) is 6.61 Å². The fraction of sp³-hybridized carbons (Fsp3) is 0.682. The summed E-state index contributed by atoms with van der Waals surface area (Å²) in [7, 11) is 1.51. The van der Waals surface area contributed by atoms with Crippen LogP contribution >= 0.6 is 0 Å². The molecule has 0 spiro atoms. The number of nitrogens with one attached hydrogen (secondary N) is 2. The van der Waals surface area contributed by atoms with E-state index in [1.807, 2.05) is 0 Å². The van der Waals surface area contributed by atoms with Crippen LogP contribution in [0.5, 0.6) is 0 Å². The van der Waals surface area contributed by atoms with Gasteiger partial charge in [-0.25, -0.2) is 9.78 Å². The number of pyridine rings is 1. The van der Waals surface area contributed by atoms with Crippen molar-refractivity contribution in [2.45, 2.75) is 71.1 Å². The maximum atomic E-state index is 13.1. The van der Waals surface area contributed by atoms with Crippen molar-refractivity contribution in [3.05, 3.63) is 23.9 Å². The molecule has 1 aromatic rings. The summed E-state index contributed by atoms with van der Waals surface area (Å²) in [6.07, 6.45) is 3.83. The first-order chi connectivity index (χ1) is 14.1. The molecule has 1 saturated carbocycles. The van der Waals surface area contributed by atoms with E-state index in [9.17, 15) is 14.7 Å². The zero-order valence-electron chi connectivity index (χ0n) is 18.6. The molecule has 1 unspecified atom stereocenters. The Labute approximate surface area is 178 Å². The van der Waals surface area contributed by atoms with Crippen LogP contribution in [0.3, 0.4) is 0 Å². The van der Waals surface area contributed by atoms with Crippen molar-refractivity contribution in [2.24, 2.45) is 11.8 Å². The first-order valence-corrected chi connectivity index (χ1v) is 10.5. The number of hydrogen-bond donors (Lipinski definition) is 3. The third-order valence-electron chi connectivity index (χ3n) is 5.23. The number of aliphatic hydroxyl groups excluding tert-OH is 1. The number of nitrogens with zero attached hydrogens (tertiary/aromatic N) is 1. The second kappa shape index (κ2) is 10.7. The molecule has 2 rings (SSSR count). The van der Waals surface area contributed by atoms with Gasteiger partial charge in [-0.3, -0.25) is 4.79 Å². The van der Waals surface area contributed by atoms with Crippen molar-refractivity contribution in [3.8, 4) is 0 Å². The van der Waals surface area contributed by atoms with Crippen LogP contribution in [0.4, 0.5) is 10.6 Å². The minimum absolute atomic E-state index is 0.0241. The molecule has 0 aliphatic heterocycles. The van der Waals surface area contributed by atoms with Gasteiger partial charge in [-0.2, -0.15) is 0 Å². The van der Waals surface area contributed by atoms with Crippen molar-refractivity contribution in [1.29, 1.82) is 0 Å². The Balaban J connectivity index is 2.13. The predicted molar refractivity (Wildman–Crippen MR) is 114 cm³/mol. The summed E-state index contributed by atoms with van der Waals surface area (Å²) in [6.45, 7) is 7.69. The smallest absolute Gasteiger partial charge is 0.408 e. The second-order valence-corrected chi connectivity index (χ2v) is 9.08. The van der Waals surface area contributed by atoms with Crippen molar-refractivity contribution in [3.63, 3.8) is 0 Å². The summed E-state index contributed by atoms with van der Waals surface area (Å²) in [5.74, 6) is 0.613. The van der Waals surface area contributed by atoms with Crippen LogP contribution in [0.25, 0.3) is 0 Å². The molecule has 3 N–H and O–H groups in total. The quantitative estimate of drug-likeness (QED) is 0.622. The summed E-state index contributed by atoms with van der Waals surface area (Å²) in [6, 6.07) is 2.55. The molecule has 1 heterocycles. The molecule has 1 aliphatic carbocycles. The van der Waals surface area contributed by atoms with Crippen LogP contribution in [0.1, 0.15) is 65.0 Å². The Hall–Kier alpha value is -2.19. The summed E-state index contributed by atoms with van der Waals surface area (Å²) in [5.41, 5.74) is -0.0650. The molecule has 0 aromatic carbocycles. The summed E-state index contributed by atoms with van der Waals surface area (Å²) < 4.78 is 10.3. The number of aliphatic hydroxyl groups is 1. The molecule has 0 bridgehead atoms. The molecule has 2 amide bonds. The van der Waals surface area contributed by atoms with Gasteiger partial charge in [-0.1, -0.05) is 19.8 Å². The van der Waals surface area contributed by atoms with E-state index in [4.69, 9.17) is 9.47 Å². The highest BCUT2D eigenvalue weighted by Gasteiger charge is 2.34. The molecule has 8 heteroatoms. The number of anilines is 1. The van der Waals surface area contributed by atoms with Crippen LogP contribution in [0, 0.1) is 11.8 Å². The van der Waals surface area contributed by atoms with Gasteiger partial charge in [0.15, 0.2) is 0 Å². The Morgan fingerprint density at radius 3 is 2.53 bits per heavy atom. The maximum Gasteiger partial charge on any atom is 0.408 e. The number of ether oxygens (including phenoxy) is 2. The molecule has 30 heavy (non-hydrogen) atoms. The largest absolute Gasteiger partial charge is 0.444 e. The SMILES string of the molecule is COCC(O)c1ccnc(NC(=O)[C@@H](NC(=O)OC(C)(C)C)C2CCC(C)CC2)c1. The number of carbonyl (C=O) groups excluding carboxylic acids is 2. The predicted octanol–water partition coefficient (Wildman–Crippen LogP) is 3.42. The van der Waals surface area contributed by atoms with E-state index in [1.54, 1.807) is 32.9 Å². The third kappa shape index (κ3) is 7.57. The molecule has 0 radical (unpaired) electrons. The monoisotopic (exact) mass is 421 g/mol. The first kappa shape index (κ1) is 24.1. The van der Waals surface area contributed by atoms with Gasteiger partial charge in [0.1, 0.15) is 23.6 Å². The summed E-state index contributed by atoms with van der Waals surface area (Å²) in [4.78, 5) is 29.6. The van der Waals surface area contributed by atoms with E-state index in [-0.39, 0.29) is 18.4 Å². The fourth-order valence-corrected chi connectivity index (χ4v) is 3.63. The van der Waals surface area contributed by atoms with Crippen LogP contribution in [-0.4, -0.2) is 47.5 Å². The van der Waals surface area contributed by atoms with E-state index in [1.165, 1.54) is 13.3 Å². The fourth-order valence-electron chi connectivity index (χ4n) is 3.63. The molecule has 1 aromatic heterocycles. The summed E-state index contributed by atoms with van der Waals surface area (Å²) >= 11 is 0. The molecular formula is C22H35N3O5. The average molecular weight is 422 g/mol. The van der Waals surface area contributed by atoms with Gasteiger partial charge in [0.2, 0.25) is 5.91 Å². The van der Waals surface area contributed by atoms with Crippen LogP contribution in [-0.2, 0) is 14.3 Å². The lowest BCUT2D eigenvalue weighted by Crippen LogP contribution is -2.50. The number of carbonyl (C=O) groups is 2. The molecule has 168 valence electrons. The maximum absolute atomic E-state index is 13.1.